The van der Waals surface area contributed by atoms with Gasteiger partial charge in [0.2, 0.25) is 0 Å². The van der Waals surface area contributed by atoms with E-state index < -0.39 is 17.9 Å². The van der Waals surface area contributed by atoms with Crippen LogP contribution in [-0.4, -0.2) is 23.0 Å². The van der Waals surface area contributed by atoms with Gasteiger partial charge in [0.25, 0.3) is 5.91 Å². The zero-order valence-corrected chi connectivity index (χ0v) is 10.3. The Hall–Kier alpha value is -2.32. The molecule has 0 bridgehead atoms. The maximum atomic E-state index is 12.0. The van der Waals surface area contributed by atoms with Crippen molar-refractivity contribution in [2.75, 3.05) is 0 Å². The summed E-state index contributed by atoms with van der Waals surface area (Å²) < 4.78 is 0. The lowest BCUT2D eigenvalue weighted by Gasteiger charge is -2.12. The maximum absolute atomic E-state index is 12.0. The molecule has 2 rings (SSSR count). The number of carboxylic acid groups (broad SMARTS) is 1. The lowest BCUT2D eigenvalue weighted by molar-refractivity contribution is -0.139. The minimum atomic E-state index is -1.13. The number of hydrogen-bond donors (Lipinski definition) is 3. The van der Waals surface area contributed by atoms with Crippen molar-refractivity contribution in [3.8, 4) is 12.3 Å². The Bertz CT molecular complexity index is 560. The Balaban J connectivity index is 2.11. The van der Waals surface area contributed by atoms with Gasteiger partial charge < -0.3 is 15.7 Å². The fraction of sp³-hybridized carbons (Fsp3) is 0.286. The zero-order valence-electron chi connectivity index (χ0n) is 10.3. The van der Waals surface area contributed by atoms with Crippen LogP contribution in [-0.2, 0) is 17.9 Å². The number of rotatable bonds is 4. The highest BCUT2D eigenvalue weighted by molar-refractivity contribution is 5.96. The predicted molar refractivity (Wildman–Crippen MR) is 69.3 cm³/mol. The van der Waals surface area contributed by atoms with Crippen LogP contribution in [0.5, 0.6) is 0 Å². The highest BCUT2D eigenvalue weighted by atomic mass is 16.4. The van der Waals surface area contributed by atoms with Crippen molar-refractivity contribution in [3.05, 3.63) is 34.9 Å². The molecule has 1 unspecified atom stereocenters. The third kappa shape index (κ3) is 2.92. The van der Waals surface area contributed by atoms with E-state index in [9.17, 15) is 9.59 Å². The van der Waals surface area contributed by atoms with E-state index in [1.165, 1.54) is 0 Å². The molecule has 3 N–H and O–H groups in total. The van der Waals surface area contributed by atoms with Crippen LogP contribution in [0.15, 0.2) is 18.2 Å². The fourth-order valence-corrected chi connectivity index (χ4v) is 2.00. The van der Waals surface area contributed by atoms with Crippen LogP contribution in [0, 0.1) is 12.3 Å². The molecule has 5 heteroatoms. The van der Waals surface area contributed by atoms with Crippen molar-refractivity contribution < 1.29 is 14.7 Å². The van der Waals surface area contributed by atoms with Crippen LogP contribution in [0.4, 0.5) is 0 Å². The first kappa shape index (κ1) is 13.1. The van der Waals surface area contributed by atoms with Crippen LogP contribution in [0.25, 0.3) is 0 Å². The van der Waals surface area contributed by atoms with Crippen molar-refractivity contribution in [2.45, 2.75) is 25.6 Å². The van der Waals surface area contributed by atoms with E-state index in [1.807, 2.05) is 6.07 Å². The molecule has 1 aliphatic rings. The lowest BCUT2D eigenvalue weighted by atomic mass is 10.1. The summed E-state index contributed by atoms with van der Waals surface area (Å²) in [6.07, 6.45) is 5.05. The molecule has 1 aromatic carbocycles. The molecule has 1 heterocycles. The SMILES string of the molecule is C#CCC(NC(=O)c1ccc2c(c1)CNC2)C(=O)O. The summed E-state index contributed by atoms with van der Waals surface area (Å²) in [6.45, 7) is 1.52. The van der Waals surface area contributed by atoms with E-state index in [2.05, 4.69) is 16.6 Å². The van der Waals surface area contributed by atoms with E-state index in [4.69, 9.17) is 11.5 Å². The first-order valence-electron chi connectivity index (χ1n) is 5.91. The van der Waals surface area contributed by atoms with Gasteiger partial charge in [-0.25, -0.2) is 4.79 Å². The maximum Gasteiger partial charge on any atom is 0.327 e. The summed E-state index contributed by atoms with van der Waals surface area (Å²) in [7, 11) is 0. The van der Waals surface area contributed by atoms with Gasteiger partial charge in [0.05, 0.1) is 0 Å². The molecule has 5 nitrogen and oxygen atoms in total. The predicted octanol–water partition coefficient (Wildman–Crippen LogP) is 0.496. The summed E-state index contributed by atoms with van der Waals surface area (Å²) in [6, 6.07) is 4.29. The summed E-state index contributed by atoms with van der Waals surface area (Å²) in [5.41, 5.74) is 2.68. The van der Waals surface area contributed by atoms with Gasteiger partial charge in [0.15, 0.2) is 0 Å². The molecule has 0 spiro atoms. The standard InChI is InChI=1S/C14H14N2O3/c1-2-3-12(14(18)19)16-13(17)9-4-5-10-7-15-8-11(10)6-9/h1,4-6,12,15H,3,7-8H2,(H,16,17)(H,18,19). The van der Waals surface area contributed by atoms with Crippen LogP contribution >= 0.6 is 0 Å². The summed E-state index contributed by atoms with van der Waals surface area (Å²) in [5.74, 6) is 0.693. The van der Waals surface area contributed by atoms with Gasteiger partial charge in [-0.2, -0.15) is 0 Å². The molecular weight excluding hydrogens is 244 g/mol. The summed E-state index contributed by atoms with van der Waals surface area (Å²) in [4.78, 5) is 22.9. The number of carboxylic acids is 1. The largest absolute Gasteiger partial charge is 0.480 e. The Labute approximate surface area is 111 Å². The van der Waals surface area contributed by atoms with E-state index in [1.54, 1.807) is 12.1 Å². The van der Waals surface area contributed by atoms with Gasteiger partial charge in [0.1, 0.15) is 6.04 Å². The van der Waals surface area contributed by atoms with Crippen molar-refractivity contribution in [1.82, 2.24) is 10.6 Å². The van der Waals surface area contributed by atoms with Crippen LogP contribution in [0.1, 0.15) is 27.9 Å². The molecule has 1 atom stereocenters. The molecule has 0 aromatic heterocycles. The van der Waals surface area contributed by atoms with Gasteiger partial charge in [-0.05, 0) is 23.3 Å². The molecule has 0 saturated heterocycles. The van der Waals surface area contributed by atoms with Gasteiger partial charge >= 0.3 is 5.97 Å². The number of amides is 1. The number of hydrogen-bond acceptors (Lipinski definition) is 3. The second-order valence-corrected chi connectivity index (χ2v) is 4.36. The lowest BCUT2D eigenvalue weighted by Crippen LogP contribution is -2.40. The molecular formula is C14H14N2O3. The van der Waals surface area contributed by atoms with E-state index >= 15 is 0 Å². The molecule has 0 radical (unpaired) electrons. The van der Waals surface area contributed by atoms with Crippen LogP contribution in [0.2, 0.25) is 0 Å². The smallest absolute Gasteiger partial charge is 0.327 e. The number of benzene rings is 1. The number of aliphatic carboxylic acids is 1. The number of fused-ring (bicyclic) bond motifs is 1. The molecule has 19 heavy (non-hydrogen) atoms. The second kappa shape index (κ2) is 5.55. The number of carbonyl (C=O) groups is 2. The Morgan fingerprint density at radius 2 is 2.16 bits per heavy atom. The van der Waals surface area contributed by atoms with Gasteiger partial charge in [0, 0.05) is 25.1 Å². The van der Waals surface area contributed by atoms with Gasteiger partial charge in [-0.15, -0.1) is 12.3 Å². The molecule has 0 aliphatic carbocycles. The zero-order chi connectivity index (χ0) is 13.8. The number of carbonyl (C=O) groups excluding carboxylic acids is 1. The molecule has 0 saturated carbocycles. The summed E-state index contributed by atoms with van der Waals surface area (Å²) in [5, 5.41) is 14.5. The topological polar surface area (TPSA) is 78.4 Å². The average Bonchev–Trinajstić information content (AvgIpc) is 2.85. The van der Waals surface area contributed by atoms with E-state index in [0.717, 1.165) is 24.2 Å². The third-order valence-corrected chi connectivity index (χ3v) is 3.02. The highest BCUT2D eigenvalue weighted by Gasteiger charge is 2.20. The Kier molecular flexibility index (Phi) is 3.83. The highest BCUT2D eigenvalue weighted by Crippen LogP contribution is 2.17. The number of terminal acetylenes is 1. The minimum absolute atomic E-state index is 0.0342. The van der Waals surface area contributed by atoms with Gasteiger partial charge in [-0.1, -0.05) is 6.07 Å². The quantitative estimate of drug-likeness (QED) is 0.687. The molecule has 1 aromatic rings. The van der Waals surface area contributed by atoms with Crippen LogP contribution < -0.4 is 10.6 Å². The van der Waals surface area contributed by atoms with Crippen molar-refractivity contribution in [2.24, 2.45) is 0 Å². The summed E-state index contributed by atoms with van der Waals surface area (Å²) >= 11 is 0. The Morgan fingerprint density at radius 1 is 1.42 bits per heavy atom. The first-order chi connectivity index (χ1) is 9.11. The molecule has 0 fully saturated rings. The average molecular weight is 258 g/mol. The van der Waals surface area contributed by atoms with Crippen molar-refractivity contribution in [3.63, 3.8) is 0 Å². The van der Waals surface area contributed by atoms with Crippen LogP contribution in [0.3, 0.4) is 0 Å². The minimum Gasteiger partial charge on any atom is -0.480 e. The van der Waals surface area contributed by atoms with E-state index in [-0.39, 0.29) is 6.42 Å². The van der Waals surface area contributed by atoms with Crippen molar-refractivity contribution >= 4 is 11.9 Å². The van der Waals surface area contributed by atoms with Gasteiger partial charge in [-0.3, -0.25) is 4.79 Å². The molecule has 1 amide bonds. The Morgan fingerprint density at radius 3 is 2.84 bits per heavy atom. The second-order valence-electron chi connectivity index (χ2n) is 4.36. The third-order valence-electron chi connectivity index (χ3n) is 3.02. The number of nitrogens with one attached hydrogen (secondary N) is 2. The molecule has 1 aliphatic heterocycles. The fourth-order valence-electron chi connectivity index (χ4n) is 2.00. The van der Waals surface area contributed by atoms with E-state index in [0.29, 0.717) is 5.56 Å². The monoisotopic (exact) mass is 258 g/mol. The van der Waals surface area contributed by atoms with Crippen molar-refractivity contribution in [1.29, 1.82) is 0 Å². The normalized spacial score (nSPS) is 14.3. The molecule has 98 valence electrons. The first-order valence-corrected chi connectivity index (χ1v) is 5.91.